The van der Waals surface area contributed by atoms with E-state index in [0.29, 0.717) is 18.7 Å². The second kappa shape index (κ2) is 9.40. The molecule has 0 aliphatic heterocycles. The van der Waals surface area contributed by atoms with Gasteiger partial charge in [0.25, 0.3) is 0 Å². The number of benzene rings is 2. The molecule has 144 valence electrons. The van der Waals surface area contributed by atoms with Crippen molar-refractivity contribution in [2.24, 2.45) is 0 Å². The Bertz CT molecular complexity index is 926. The molecule has 0 unspecified atom stereocenters. The van der Waals surface area contributed by atoms with Crippen molar-refractivity contribution in [3.05, 3.63) is 84.0 Å². The summed E-state index contributed by atoms with van der Waals surface area (Å²) in [6.07, 6.45) is 5.85. The normalized spacial score (nSPS) is 11.1. The van der Waals surface area contributed by atoms with E-state index in [4.69, 9.17) is 0 Å². The van der Waals surface area contributed by atoms with Crippen LogP contribution in [0.25, 0.3) is 6.08 Å². The average molecular weight is 384 g/mol. The number of aromatic nitrogens is 3. The number of amides is 1. The average Bonchev–Trinajstić information content (AvgIpc) is 3.19. The van der Waals surface area contributed by atoms with Gasteiger partial charge in [-0.1, -0.05) is 42.5 Å². The van der Waals surface area contributed by atoms with Crippen LogP contribution in [-0.4, -0.2) is 27.3 Å². The first-order valence-electron chi connectivity index (χ1n) is 8.50. The number of nitrogens with one attached hydrogen (secondary N) is 1. The molecule has 1 N–H and O–H groups in total. The van der Waals surface area contributed by atoms with Crippen LogP contribution < -0.4 is 10.1 Å². The van der Waals surface area contributed by atoms with Gasteiger partial charge in [0.1, 0.15) is 18.4 Å². The van der Waals surface area contributed by atoms with E-state index in [1.807, 2.05) is 24.3 Å². The summed E-state index contributed by atoms with van der Waals surface area (Å²) >= 11 is 0. The molecule has 28 heavy (non-hydrogen) atoms. The zero-order chi connectivity index (χ0) is 19.8. The number of alkyl halides is 2. The van der Waals surface area contributed by atoms with Gasteiger partial charge in [0.15, 0.2) is 0 Å². The molecule has 0 spiro atoms. The van der Waals surface area contributed by atoms with E-state index in [9.17, 15) is 13.6 Å². The molecular weight excluding hydrogens is 366 g/mol. The second-order valence-electron chi connectivity index (χ2n) is 5.88. The maximum atomic E-state index is 12.4. The molecule has 6 nitrogen and oxygen atoms in total. The molecule has 0 aliphatic rings. The van der Waals surface area contributed by atoms with Gasteiger partial charge in [-0.25, -0.2) is 9.67 Å². The van der Waals surface area contributed by atoms with E-state index in [2.05, 4.69) is 20.1 Å². The lowest BCUT2D eigenvalue weighted by molar-refractivity contribution is -0.116. The fourth-order valence-corrected chi connectivity index (χ4v) is 2.50. The molecule has 1 amide bonds. The van der Waals surface area contributed by atoms with Crippen LogP contribution in [0.15, 0.2) is 67.3 Å². The summed E-state index contributed by atoms with van der Waals surface area (Å²) in [6.45, 7) is -1.95. The monoisotopic (exact) mass is 384 g/mol. The fraction of sp³-hybridized carbons (Fsp3) is 0.150. The zero-order valence-corrected chi connectivity index (χ0v) is 14.8. The van der Waals surface area contributed by atoms with Crippen LogP contribution in [0, 0.1) is 0 Å². The molecule has 2 aromatic carbocycles. The number of nitrogens with zero attached hydrogens (tertiary/aromatic N) is 3. The lowest BCUT2D eigenvalue weighted by atomic mass is 10.1. The van der Waals surface area contributed by atoms with Gasteiger partial charge < -0.3 is 10.1 Å². The third-order valence-corrected chi connectivity index (χ3v) is 3.85. The second-order valence-corrected chi connectivity index (χ2v) is 5.88. The van der Waals surface area contributed by atoms with Crippen molar-refractivity contribution in [2.45, 2.75) is 19.7 Å². The Morgan fingerprint density at radius 2 is 1.89 bits per heavy atom. The number of hydrogen-bond acceptors (Lipinski definition) is 4. The van der Waals surface area contributed by atoms with Crippen molar-refractivity contribution in [3.63, 3.8) is 0 Å². The van der Waals surface area contributed by atoms with E-state index in [-0.39, 0.29) is 11.7 Å². The Labute approximate surface area is 160 Å². The van der Waals surface area contributed by atoms with Crippen molar-refractivity contribution in [2.75, 3.05) is 0 Å². The molecule has 3 rings (SSSR count). The standard InChI is InChI=1S/C20H18F2N4O2/c21-20(22)28-18-4-2-1-3-17(18)9-10-19(27)24-11-15-5-7-16(8-6-15)12-26-14-23-13-25-26/h1-10,13-14,20H,11-12H2,(H,24,27)/b10-9+. The Morgan fingerprint density at radius 1 is 1.14 bits per heavy atom. The highest BCUT2D eigenvalue weighted by atomic mass is 19.3. The molecular formula is C20H18F2N4O2. The lowest BCUT2D eigenvalue weighted by Gasteiger charge is -2.07. The van der Waals surface area contributed by atoms with E-state index >= 15 is 0 Å². The molecule has 0 bridgehead atoms. The van der Waals surface area contributed by atoms with Gasteiger partial charge in [-0.05, 0) is 23.3 Å². The summed E-state index contributed by atoms with van der Waals surface area (Å²) < 4.78 is 31.0. The van der Waals surface area contributed by atoms with E-state index < -0.39 is 6.61 Å². The van der Waals surface area contributed by atoms with Crippen molar-refractivity contribution in [3.8, 4) is 5.75 Å². The number of carbonyl (C=O) groups excluding carboxylic acids is 1. The molecule has 1 heterocycles. The lowest BCUT2D eigenvalue weighted by Crippen LogP contribution is -2.20. The molecule has 0 saturated carbocycles. The van der Waals surface area contributed by atoms with Gasteiger partial charge in [-0.3, -0.25) is 4.79 Å². The highest BCUT2D eigenvalue weighted by Crippen LogP contribution is 2.21. The molecule has 3 aromatic rings. The van der Waals surface area contributed by atoms with Gasteiger partial charge in [0, 0.05) is 18.2 Å². The zero-order valence-electron chi connectivity index (χ0n) is 14.8. The topological polar surface area (TPSA) is 69.0 Å². The molecule has 0 saturated heterocycles. The number of halogens is 2. The van der Waals surface area contributed by atoms with Crippen LogP contribution in [0.2, 0.25) is 0 Å². The van der Waals surface area contributed by atoms with Crippen molar-refractivity contribution in [1.82, 2.24) is 20.1 Å². The molecule has 0 atom stereocenters. The van der Waals surface area contributed by atoms with Crippen LogP contribution in [0.3, 0.4) is 0 Å². The van der Waals surface area contributed by atoms with E-state index in [1.165, 1.54) is 24.5 Å². The summed E-state index contributed by atoms with van der Waals surface area (Å²) in [5.41, 5.74) is 2.40. The Kier molecular flexibility index (Phi) is 6.46. The molecule has 1 aromatic heterocycles. The first-order valence-corrected chi connectivity index (χ1v) is 8.50. The maximum Gasteiger partial charge on any atom is 0.387 e. The fourth-order valence-electron chi connectivity index (χ4n) is 2.50. The summed E-state index contributed by atoms with van der Waals surface area (Å²) in [4.78, 5) is 15.9. The Hall–Kier alpha value is -3.55. The summed E-state index contributed by atoms with van der Waals surface area (Å²) in [5, 5.41) is 6.80. The summed E-state index contributed by atoms with van der Waals surface area (Å²) in [5.74, 6) is -0.317. The highest BCUT2D eigenvalue weighted by Gasteiger charge is 2.07. The van der Waals surface area contributed by atoms with Crippen LogP contribution in [0.1, 0.15) is 16.7 Å². The molecule has 0 fully saturated rings. The van der Waals surface area contributed by atoms with E-state index in [0.717, 1.165) is 11.1 Å². The van der Waals surface area contributed by atoms with Crippen molar-refractivity contribution in [1.29, 1.82) is 0 Å². The largest absolute Gasteiger partial charge is 0.434 e. The van der Waals surface area contributed by atoms with Crippen molar-refractivity contribution < 1.29 is 18.3 Å². The predicted octanol–water partition coefficient (Wildman–Crippen LogP) is 3.26. The number of hydrogen-bond donors (Lipinski definition) is 1. The SMILES string of the molecule is O=C(/C=C/c1ccccc1OC(F)F)NCc1ccc(Cn2cncn2)cc1. The van der Waals surface area contributed by atoms with Crippen LogP contribution in [0.5, 0.6) is 5.75 Å². The van der Waals surface area contributed by atoms with Gasteiger partial charge in [-0.15, -0.1) is 0 Å². The highest BCUT2D eigenvalue weighted by molar-refractivity contribution is 5.92. The smallest absolute Gasteiger partial charge is 0.387 e. The van der Waals surface area contributed by atoms with Gasteiger partial charge in [0.05, 0.1) is 6.54 Å². The minimum Gasteiger partial charge on any atom is -0.434 e. The molecule has 0 aliphatic carbocycles. The minimum atomic E-state index is -2.92. The number of rotatable bonds is 8. The number of ether oxygens (including phenoxy) is 1. The summed E-state index contributed by atoms with van der Waals surface area (Å²) in [6, 6.07) is 14.0. The number of para-hydroxylation sites is 1. The first-order chi connectivity index (χ1) is 13.6. The van der Waals surface area contributed by atoms with Crippen LogP contribution in [-0.2, 0) is 17.9 Å². The van der Waals surface area contributed by atoms with Crippen LogP contribution in [0.4, 0.5) is 8.78 Å². The van der Waals surface area contributed by atoms with Gasteiger partial charge >= 0.3 is 6.61 Å². The summed E-state index contributed by atoms with van der Waals surface area (Å²) in [7, 11) is 0. The molecule has 8 heteroatoms. The third-order valence-electron chi connectivity index (χ3n) is 3.85. The van der Waals surface area contributed by atoms with Gasteiger partial charge in [0.2, 0.25) is 5.91 Å². The quantitative estimate of drug-likeness (QED) is 0.606. The Balaban J connectivity index is 1.52. The van der Waals surface area contributed by atoms with E-state index in [1.54, 1.807) is 29.2 Å². The van der Waals surface area contributed by atoms with Crippen LogP contribution >= 0.6 is 0 Å². The third kappa shape index (κ3) is 5.73. The first kappa shape index (κ1) is 19.2. The molecule has 0 radical (unpaired) electrons. The van der Waals surface area contributed by atoms with Crippen molar-refractivity contribution >= 4 is 12.0 Å². The Morgan fingerprint density at radius 3 is 2.61 bits per heavy atom. The van der Waals surface area contributed by atoms with Gasteiger partial charge in [-0.2, -0.15) is 13.9 Å². The predicted molar refractivity (Wildman–Crippen MR) is 99.5 cm³/mol. The maximum absolute atomic E-state index is 12.4. The number of carbonyl (C=O) groups is 1. The minimum absolute atomic E-state index is 0.0181.